The summed E-state index contributed by atoms with van der Waals surface area (Å²) in [4.78, 5) is 18.0. The van der Waals surface area contributed by atoms with Gasteiger partial charge in [0.15, 0.2) is 0 Å². The maximum Gasteiger partial charge on any atom is 0.272 e. The second-order valence-electron chi connectivity index (χ2n) is 5.56. The molecule has 0 fully saturated rings. The summed E-state index contributed by atoms with van der Waals surface area (Å²) < 4.78 is 0. The van der Waals surface area contributed by atoms with Crippen LogP contribution >= 0.6 is 0 Å². The van der Waals surface area contributed by atoms with Crippen LogP contribution in [0, 0.1) is 0 Å². The van der Waals surface area contributed by atoms with Crippen LogP contribution in [0.5, 0.6) is 0 Å². The highest BCUT2D eigenvalue weighted by Gasteiger charge is 2.13. The lowest BCUT2D eigenvalue weighted by molar-refractivity contribution is -0.113. The van der Waals surface area contributed by atoms with Gasteiger partial charge >= 0.3 is 0 Å². The van der Waals surface area contributed by atoms with E-state index in [0.29, 0.717) is 0 Å². The molecule has 4 nitrogen and oxygen atoms in total. The molecule has 0 aliphatic heterocycles. The molecule has 0 spiro atoms. The predicted octanol–water partition coefficient (Wildman–Crippen LogP) is 4.38. The van der Waals surface area contributed by atoms with Gasteiger partial charge in [0.25, 0.3) is 5.91 Å². The number of rotatable bonds is 4. The molecule has 0 radical (unpaired) electrons. The van der Waals surface area contributed by atoms with E-state index in [1.165, 1.54) is 6.08 Å². The second kappa shape index (κ2) is 8.44. The number of benzene rings is 3. The zero-order valence-electron chi connectivity index (χ0n) is 14.2. The molecule has 0 aromatic heterocycles. The first-order valence-corrected chi connectivity index (χ1v) is 8.25. The highest BCUT2D eigenvalue weighted by atomic mass is 16.1. The lowest BCUT2D eigenvalue weighted by atomic mass is 10.2. The molecule has 3 aromatic rings. The number of amides is 1. The van der Waals surface area contributed by atoms with Gasteiger partial charge in [-0.15, -0.1) is 0 Å². The molecule has 0 saturated heterocycles. The van der Waals surface area contributed by atoms with Gasteiger partial charge in [0, 0.05) is 17.5 Å². The topological polar surface area (TPSA) is 58.7 Å². The molecule has 2 N–H and O–H groups in total. The van der Waals surface area contributed by atoms with Gasteiger partial charge in [0.2, 0.25) is 5.96 Å². The van der Waals surface area contributed by atoms with Crippen molar-refractivity contribution in [1.29, 1.82) is 0 Å². The van der Waals surface area contributed by atoms with Gasteiger partial charge in [-0.2, -0.15) is 4.99 Å². The van der Waals surface area contributed by atoms with Crippen molar-refractivity contribution in [2.45, 2.75) is 0 Å². The number of carbonyl (C=O) groups is 1. The monoisotopic (exact) mass is 341 g/mol. The smallest absolute Gasteiger partial charge is 0.272 e. The van der Waals surface area contributed by atoms with Gasteiger partial charge in [0.1, 0.15) is 0 Å². The van der Waals surface area contributed by atoms with E-state index in [2.05, 4.69) is 4.99 Å². The summed E-state index contributed by atoms with van der Waals surface area (Å²) in [6.07, 6.45) is 3.13. The van der Waals surface area contributed by atoms with E-state index in [1.807, 2.05) is 91.0 Å². The summed E-state index contributed by atoms with van der Waals surface area (Å²) >= 11 is 0. The van der Waals surface area contributed by atoms with Crippen LogP contribution in [0.4, 0.5) is 11.4 Å². The fourth-order valence-electron chi connectivity index (χ4n) is 2.50. The van der Waals surface area contributed by atoms with Crippen LogP contribution in [0.3, 0.4) is 0 Å². The van der Waals surface area contributed by atoms with Crippen LogP contribution in [-0.2, 0) is 4.79 Å². The van der Waals surface area contributed by atoms with E-state index < -0.39 is 5.91 Å². The van der Waals surface area contributed by atoms with Crippen molar-refractivity contribution in [3.63, 3.8) is 0 Å². The molecule has 128 valence electrons. The number of aliphatic imine (C=N–C) groups is 1. The second-order valence-corrected chi connectivity index (χ2v) is 5.56. The molecule has 0 atom stereocenters. The first kappa shape index (κ1) is 17.2. The summed E-state index contributed by atoms with van der Waals surface area (Å²) in [5.41, 5.74) is 8.77. The molecular formula is C22H19N3O. The molecule has 0 saturated carbocycles. The fourth-order valence-corrected chi connectivity index (χ4v) is 2.50. The maximum atomic E-state index is 12.2. The Bertz CT molecular complexity index is 864. The van der Waals surface area contributed by atoms with Crippen LogP contribution < -0.4 is 10.6 Å². The van der Waals surface area contributed by atoms with Crippen molar-refractivity contribution in [2.75, 3.05) is 4.90 Å². The molecule has 0 aliphatic carbocycles. The third kappa shape index (κ3) is 4.45. The van der Waals surface area contributed by atoms with E-state index >= 15 is 0 Å². The quantitative estimate of drug-likeness (QED) is 0.435. The van der Waals surface area contributed by atoms with E-state index in [-0.39, 0.29) is 5.96 Å². The molecule has 0 bridgehead atoms. The van der Waals surface area contributed by atoms with Gasteiger partial charge in [-0.1, -0.05) is 66.7 Å². The fraction of sp³-hybridized carbons (Fsp3) is 0. The Morgan fingerprint density at radius 2 is 1.23 bits per heavy atom. The predicted molar refractivity (Wildman–Crippen MR) is 107 cm³/mol. The van der Waals surface area contributed by atoms with Crippen LogP contribution in [0.15, 0.2) is 102 Å². The molecule has 0 unspecified atom stereocenters. The van der Waals surface area contributed by atoms with E-state index in [9.17, 15) is 4.79 Å². The Balaban J connectivity index is 1.87. The highest BCUT2D eigenvalue weighted by Crippen LogP contribution is 2.24. The van der Waals surface area contributed by atoms with E-state index in [0.717, 1.165) is 16.9 Å². The Kier molecular flexibility index (Phi) is 5.58. The maximum absolute atomic E-state index is 12.2. The lowest BCUT2D eigenvalue weighted by Crippen LogP contribution is -2.34. The van der Waals surface area contributed by atoms with Gasteiger partial charge in [0.05, 0.1) is 0 Å². The third-order valence-electron chi connectivity index (χ3n) is 3.70. The molecule has 3 rings (SSSR count). The summed E-state index contributed by atoms with van der Waals surface area (Å²) in [5.74, 6) is -0.298. The van der Waals surface area contributed by atoms with Crippen LogP contribution in [-0.4, -0.2) is 11.9 Å². The van der Waals surface area contributed by atoms with Gasteiger partial charge in [-0.3, -0.25) is 9.69 Å². The zero-order valence-corrected chi connectivity index (χ0v) is 14.2. The Morgan fingerprint density at radius 3 is 1.73 bits per heavy atom. The van der Waals surface area contributed by atoms with Crippen molar-refractivity contribution in [2.24, 2.45) is 10.7 Å². The molecule has 1 amide bonds. The lowest BCUT2D eigenvalue weighted by Gasteiger charge is -2.23. The van der Waals surface area contributed by atoms with Crippen LogP contribution in [0.25, 0.3) is 6.08 Å². The van der Waals surface area contributed by atoms with Crippen molar-refractivity contribution in [1.82, 2.24) is 0 Å². The SMILES string of the molecule is NC(=NC(=O)C=Cc1ccccc1)N(c1ccccc1)c1ccccc1. The summed E-state index contributed by atoms with van der Waals surface area (Å²) in [6.45, 7) is 0. The van der Waals surface area contributed by atoms with Crippen LogP contribution in [0.1, 0.15) is 5.56 Å². The molecule has 0 heterocycles. The summed E-state index contributed by atoms with van der Waals surface area (Å²) in [5, 5.41) is 0. The Morgan fingerprint density at radius 1 is 0.769 bits per heavy atom. The number of nitrogens with two attached hydrogens (primary N) is 1. The number of hydrogen-bond acceptors (Lipinski definition) is 1. The molecule has 3 aromatic carbocycles. The van der Waals surface area contributed by atoms with Crippen molar-refractivity contribution < 1.29 is 4.79 Å². The van der Waals surface area contributed by atoms with E-state index in [1.54, 1.807) is 11.0 Å². The first-order chi connectivity index (χ1) is 12.7. The average molecular weight is 341 g/mol. The minimum atomic E-state index is -0.414. The molecular weight excluding hydrogens is 322 g/mol. The molecule has 26 heavy (non-hydrogen) atoms. The van der Waals surface area contributed by atoms with Gasteiger partial charge in [-0.25, -0.2) is 0 Å². The Labute approximate surface area is 152 Å². The largest absolute Gasteiger partial charge is 0.369 e. The van der Waals surface area contributed by atoms with Crippen LogP contribution in [0.2, 0.25) is 0 Å². The van der Waals surface area contributed by atoms with Crippen molar-refractivity contribution in [3.05, 3.63) is 103 Å². The standard InChI is InChI=1S/C22H19N3O/c23-22(24-21(26)17-16-18-10-4-1-5-11-18)25(19-12-6-2-7-13-19)20-14-8-3-9-15-20/h1-17H,(H2,23,24,26). The number of hydrogen-bond donors (Lipinski definition) is 1. The number of carbonyl (C=O) groups excluding carboxylic acids is 1. The van der Waals surface area contributed by atoms with Crippen molar-refractivity contribution in [3.8, 4) is 0 Å². The number of nitrogens with zero attached hydrogens (tertiary/aromatic N) is 2. The highest BCUT2D eigenvalue weighted by molar-refractivity contribution is 6.09. The molecule has 4 heteroatoms. The molecule has 0 aliphatic rings. The minimum Gasteiger partial charge on any atom is -0.369 e. The number of para-hydroxylation sites is 2. The summed E-state index contributed by atoms with van der Waals surface area (Å²) in [7, 11) is 0. The number of guanidine groups is 1. The van der Waals surface area contributed by atoms with E-state index in [4.69, 9.17) is 5.73 Å². The average Bonchev–Trinajstić information content (AvgIpc) is 2.69. The third-order valence-corrected chi connectivity index (χ3v) is 3.70. The number of anilines is 2. The summed E-state index contributed by atoms with van der Waals surface area (Å²) in [6, 6.07) is 28.7. The first-order valence-electron chi connectivity index (χ1n) is 8.25. The van der Waals surface area contributed by atoms with Gasteiger partial charge < -0.3 is 5.73 Å². The zero-order chi connectivity index (χ0) is 18.2. The van der Waals surface area contributed by atoms with Gasteiger partial charge in [-0.05, 0) is 35.9 Å². The Hall–Kier alpha value is -3.66. The van der Waals surface area contributed by atoms with Crippen molar-refractivity contribution >= 4 is 29.3 Å². The normalized spacial score (nSPS) is 11.5. The minimum absolute atomic E-state index is 0.116.